The Balaban J connectivity index is 1.33. The first-order chi connectivity index (χ1) is 19.4. The third-order valence-electron chi connectivity index (χ3n) is 7.11. The van der Waals surface area contributed by atoms with E-state index in [0.29, 0.717) is 34.7 Å². The monoisotopic (exact) mass is 557 g/mol. The molecular formula is C28H39N5O7. The molecule has 218 valence electrons. The van der Waals surface area contributed by atoms with Gasteiger partial charge < -0.3 is 34.8 Å². The summed E-state index contributed by atoms with van der Waals surface area (Å²) in [6.07, 6.45) is 6.38. The van der Waals surface area contributed by atoms with E-state index >= 15 is 0 Å². The molecule has 3 aromatic rings. The number of esters is 1. The van der Waals surface area contributed by atoms with Crippen LogP contribution >= 0.6 is 0 Å². The van der Waals surface area contributed by atoms with Crippen molar-refractivity contribution >= 4 is 23.0 Å². The lowest BCUT2D eigenvalue weighted by atomic mass is 10.1. The highest BCUT2D eigenvalue weighted by Crippen LogP contribution is 2.33. The van der Waals surface area contributed by atoms with Gasteiger partial charge in [0, 0.05) is 18.5 Å². The van der Waals surface area contributed by atoms with Gasteiger partial charge in [-0.1, -0.05) is 57.6 Å². The first-order valence-corrected chi connectivity index (χ1v) is 13.9. The maximum atomic E-state index is 12.2. The standard InChI is InChI=1S/C28H39N5O7/c1-3-4-5-6-7-8-9-13-21(34)39-15-20-24(36)25(37)28(40-20)33-17-32-22-26(30-16-31-27(22)33)29-14-18-11-10-12-19(38-2)23(18)35/h10-12,16-17,20,24-25,28,35-37H,3-9,13-15H2,1-2H3,(H,29,30,31)/t20-,24-,25-,28-/m1/s1. The number of aromatic nitrogens is 4. The number of imidazole rings is 1. The van der Waals surface area contributed by atoms with Gasteiger partial charge in [0.2, 0.25) is 0 Å². The lowest BCUT2D eigenvalue weighted by Gasteiger charge is -2.16. The summed E-state index contributed by atoms with van der Waals surface area (Å²) in [6.45, 7) is 2.26. The molecule has 1 fully saturated rings. The molecule has 1 saturated heterocycles. The molecule has 40 heavy (non-hydrogen) atoms. The van der Waals surface area contributed by atoms with E-state index in [-0.39, 0.29) is 24.9 Å². The molecule has 12 nitrogen and oxygen atoms in total. The number of benzene rings is 1. The van der Waals surface area contributed by atoms with Crippen molar-refractivity contribution < 1.29 is 34.3 Å². The summed E-state index contributed by atoms with van der Waals surface area (Å²) in [5, 5.41) is 34.8. The topological polar surface area (TPSA) is 161 Å². The largest absolute Gasteiger partial charge is 0.504 e. The maximum Gasteiger partial charge on any atom is 0.305 e. The van der Waals surface area contributed by atoms with Crippen LogP contribution in [0.1, 0.15) is 70.1 Å². The highest BCUT2D eigenvalue weighted by molar-refractivity contribution is 5.82. The molecule has 0 saturated carbocycles. The predicted molar refractivity (Wildman–Crippen MR) is 147 cm³/mol. The Hall–Kier alpha value is -3.48. The predicted octanol–water partition coefficient (Wildman–Crippen LogP) is 3.46. The Bertz CT molecular complexity index is 1250. The number of anilines is 1. The number of aromatic hydroxyl groups is 1. The molecule has 4 N–H and O–H groups in total. The average molecular weight is 558 g/mol. The van der Waals surface area contributed by atoms with Crippen LogP contribution in [0.25, 0.3) is 11.2 Å². The number of methoxy groups -OCH3 is 1. The Morgan fingerprint density at radius 1 is 1.07 bits per heavy atom. The molecule has 12 heteroatoms. The summed E-state index contributed by atoms with van der Waals surface area (Å²) in [5.74, 6) is 0.454. The number of nitrogens with zero attached hydrogens (tertiary/aromatic N) is 4. The second-order valence-electron chi connectivity index (χ2n) is 9.97. The van der Waals surface area contributed by atoms with Crippen LogP contribution in [0, 0.1) is 0 Å². The quantitative estimate of drug-likeness (QED) is 0.160. The Morgan fingerprint density at radius 2 is 1.85 bits per heavy atom. The second kappa shape index (κ2) is 14.2. The van der Waals surface area contributed by atoms with Crippen LogP contribution in [-0.4, -0.2) is 72.8 Å². The van der Waals surface area contributed by atoms with Crippen molar-refractivity contribution in [1.82, 2.24) is 19.5 Å². The summed E-state index contributed by atoms with van der Waals surface area (Å²) in [5.41, 5.74) is 1.40. The summed E-state index contributed by atoms with van der Waals surface area (Å²) < 4.78 is 17.9. The van der Waals surface area contributed by atoms with Gasteiger partial charge in [0.05, 0.1) is 13.4 Å². The van der Waals surface area contributed by atoms with Crippen molar-refractivity contribution in [3.8, 4) is 11.5 Å². The van der Waals surface area contributed by atoms with E-state index in [1.807, 2.05) is 0 Å². The normalized spacial score (nSPS) is 20.6. The van der Waals surface area contributed by atoms with Crippen LogP contribution < -0.4 is 10.1 Å². The third-order valence-corrected chi connectivity index (χ3v) is 7.11. The molecular weight excluding hydrogens is 518 g/mol. The fourth-order valence-electron chi connectivity index (χ4n) is 4.79. The molecule has 0 aliphatic carbocycles. The number of aliphatic hydroxyl groups excluding tert-OH is 2. The summed E-state index contributed by atoms with van der Waals surface area (Å²) >= 11 is 0. The smallest absolute Gasteiger partial charge is 0.305 e. The van der Waals surface area contributed by atoms with Crippen molar-refractivity contribution in [3.63, 3.8) is 0 Å². The summed E-state index contributed by atoms with van der Waals surface area (Å²) in [7, 11) is 1.48. The summed E-state index contributed by atoms with van der Waals surface area (Å²) in [4.78, 5) is 25.1. The van der Waals surface area contributed by atoms with Crippen LogP contribution in [-0.2, 0) is 20.8 Å². The molecule has 1 aliphatic heterocycles. The zero-order valence-electron chi connectivity index (χ0n) is 23.0. The first kappa shape index (κ1) is 29.5. The number of hydrogen-bond donors (Lipinski definition) is 4. The van der Waals surface area contributed by atoms with Crippen LogP contribution in [0.3, 0.4) is 0 Å². The number of unbranched alkanes of at least 4 members (excludes halogenated alkanes) is 6. The van der Waals surface area contributed by atoms with E-state index in [0.717, 1.165) is 19.3 Å². The number of carbonyl (C=O) groups excluding carboxylic acids is 1. The van der Waals surface area contributed by atoms with Gasteiger partial charge in [-0.25, -0.2) is 15.0 Å². The molecule has 2 aromatic heterocycles. The average Bonchev–Trinajstić information content (AvgIpc) is 3.51. The van der Waals surface area contributed by atoms with Crippen LogP contribution in [0.2, 0.25) is 0 Å². The SMILES string of the molecule is CCCCCCCCCC(=O)OC[C@H]1O[C@@H](n2cnc3c(NCc4cccc(OC)c4O)ncnc32)[C@H](O)[C@@H]1O. The van der Waals surface area contributed by atoms with Gasteiger partial charge in [0.1, 0.15) is 31.2 Å². The highest BCUT2D eigenvalue weighted by atomic mass is 16.6. The number of fused-ring (bicyclic) bond motifs is 1. The molecule has 1 aliphatic rings. The van der Waals surface area contributed by atoms with Crippen molar-refractivity contribution in [2.75, 3.05) is 19.0 Å². The third kappa shape index (κ3) is 6.98. The zero-order chi connectivity index (χ0) is 28.5. The molecule has 4 atom stereocenters. The molecule has 0 unspecified atom stereocenters. The molecule has 3 heterocycles. The Labute approximate surface area is 233 Å². The van der Waals surface area contributed by atoms with Crippen LogP contribution in [0.15, 0.2) is 30.9 Å². The van der Waals surface area contributed by atoms with Gasteiger partial charge in [-0.15, -0.1) is 0 Å². The number of phenols is 1. The number of aliphatic hydroxyl groups is 2. The van der Waals surface area contributed by atoms with Gasteiger partial charge in [0.25, 0.3) is 0 Å². The molecule has 0 bridgehead atoms. The van der Waals surface area contributed by atoms with Crippen LogP contribution in [0.4, 0.5) is 5.82 Å². The van der Waals surface area contributed by atoms with Gasteiger partial charge >= 0.3 is 5.97 Å². The van der Waals surface area contributed by atoms with Gasteiger partial charge in [-0.2, -0.15) is 0 Å². The van der Waals surface area contributed by atoms with Crippen molar-refractivity contribution in [3.05, 3.63) is 36.4 Å². The van der Waals surface area contributed by atoms with E-state index in [1.165, 1.54) is 50.0 Å². The van der Waals surface area contributed by atoms with Crippen LogP contribution in [0.5, 0.6) is 11.5 Å². The zero-order valence-corrected chi connectivity index (χ0v) is 23.0. The minimum absolute atomic E-state index is 0.0268. The van der Waals surface area contributed by atoms with E-state index in [1.54, 1.807) is 18.2 Å². The molecule has 0 radical (unpaired) electrons. The fourth-order valence-corrected chi connectivity index (χ4v) is 4.79. The van der Waals surface area contributed by atoms with Gasteiger partial charge in [-0.3, -0.25) is 9.36 Å². The Morgan fingerprint density at radius 3 is 2.62 bits per heavy atom. The first-order valence-electron chi connectivity index (χ1n) is 13.9. The van der Waals surface area contributed by atoms with E-state index in [4.69, 9.17) is 14.2 Å². The van der Waals surface area contributed by atoms with Crippen molar-refractivity contribution in [2.24, 2.45) is 0 Å². The number of ether oxygens (including phenoxy) is 3. The number of phenolic OH excluding ortho intramolecular Hbond substituents is 1. The number of hydrogen-bond acceptors (Lipinski definition) is 11. The maximum absolute atomic E-state index is 12.2. The van der Waals surface area contributed by atoms with Gasteiger partial charge in [-0.05, 0) is 12.5 Å². The van der Waals surface area contributed by atoms with Crippen molar-refractivity contribution in [1.29, 1.82) is 0 Å². The number of para-hydroxylation sites is 1. The molecule has 0 spiro atoms. The summed E-state index contributed by atoms with van der Waals surface area (Å²) in [6, 6.07) is 5.19. The van der Waals surface area contributed by atoms with E-state index < -0.39 is 24.5 Å². The second-order valence-corrected chi connectivity index (χ2v) is 9.97. The fraction of sp³-hybridized carbons (Fsp3) is 0.571. The lowest BCUT2D eigenvalue weighted by Crippen LogP contribution is -2.34. The molecule has 4 rings (SSSR count). The molecule has 0 amide bonds. The van der Waals surface area contributed by atoms with Gasteiger partial charge in [0.15, 0.2) is 34.7 Å². The Kier molecular flexibility index (Phi) is 10.5. The van der Waals surface area contributed by atoms with Crippen molar-refractivity contribution in [2.45, 2.75) is 89.4 Å². The van der Waals surface area contributed by atoms with E-state index in [2.05, 4.69) is 27.2 Å². The highest BCUT2D eigenvalue weighted by Gasteiger charge is 2.45. The number of nitrogens with one attached hydrogen (secondary N) is 1. The lowest BCUT2D eigenvalue weighted by molar-refractivity contribution is -0.150. The minimum atomic E-state index is -1.29. The number of carbonyl (C=O) groups is 1. The number of rotatable bonds is 15. The molecule has 1 aromatic carbocycles. The van der Waals surface area contributed by atoms with E-state index in [9.17, 15) is 20.1 Å². The minimum Gasteiger partial charge on any atom is -0.504 e.